The lowest BCUT2D eigenvalue weighted by Crippen LogP contribution is -2.46. The summed E-state index contributed by atoms with van der Waals surface area (Å²) < 4.78 is 10.7. The number of phenolic OH excluding ortho intramolecular Hbond substituents is 2. The van der Waals surface area contributed by atoms with Gasteiger partial charge in [0.1, 0.15) is 10.7 Å². The van der Waals surface area contributed by atoms with E-state index in [0.29, 0.717) is 24.3 Å². The first-order chi connectivity index (χ1) is 14.4. The standard InChI is InChI=1S/C22H22N2O6/c1-3-29-19-11-13(5-7-17(19)25)9-15-21(27)24-16(22(28)23-15)10-14-6-8-18(26)20(12-14)30-4-2/h5-12,25-26H,3-4H2,1-2H3,(H,23,28)(H,24,27). The van der Waals surface area contributed by atoms with E-state index in [0.717, 1.165) is 0 Å². The second-order valence-electron chi connectivity index (χ2n) is 6.34. The van der Waals surface area contributed by atoms with Crippen molar-refractivity contribution < 1.29 is 19.7 Å². The molecule has 8 heteroatoms. The number of benzene rings is 2. The van der Waals surface area contributed by atoms with Crippen LogP contribution in [-0.4, -0.2) is 33.4 Å². The molecule has 0 saturated heterocycles. The molecule has 8 nitrogen and oxygen atoms in total. The van der Waals surface area contributed by atoms with E-state index < -0.39 is 11.1 Å². The summed E-state index contributed by atoms with van der Waals surface area (Å²) in [6.45, 7) is 4.33. The summed E-state index contributed by atoms with van der Waals surface area (Å²) >= 11 is 0. The molecule has 0 aliphatic rings. The molecule has 1 heterocycles. The van der Waals surface area contributed by atoms with Gasteiger partial charge in [-0.25, -0.2) is 0 Å². The first-order valence-electron chi connectivity index (χ1n) is 9.39. The molecule has 4 N–H and O–H groups in total. The number of rotatable bonds is 6. The van der Waals surface area contributed by atoms with E-state index >= 15 is 0 Å². The maximum absolute atomic E-state index is 12.5. The van der Waals surface area contributed by atoms with E-state index in [9.17, 15) is 19.8 Å². The SMILES string of the molecule is CCOc1cc(C=c2[nH]c(=O)c(=Cc3ccc(O)c(OCC)c3)[nH]c2=O)ccc1O. The van der Waals surface area contributed by atoms with E-state index in [-0.39, 0.29) is 33.7 Å². The van der Waals surface area contributed by atoms with Crippen LogP contribution in [0.4, 0.5) is 0 Å². The third kappa shape index (κ3) is 4.72. The molecule has 2 aromatic carbocycles. The van der Waals surface area contributed by atoms with Crippen molar-refractivity contribution in [1.82, 2.24) is 9.97 Å². The normalized spacial score (nSPS) is 12.2. The predicted octanol–water partition coefficient (Wildman–Crippen LogP) is 0.929. The fourth-order valence-corrected chi connectivity index (χ4v) is 2.81. The summed E-state index contributed by atoms with van der Waals surface area (Å²) in [7, 11) is 0. The van der Waals surface area contributed by atoms with Crippen LogP contribution in [0.25, 0.3) is 12.2 Å². The Labute approximate surface area is 171 Å². The summed E-state index contributed by atoms with van der Waals surface area (Å²) in [4.78, 5) is 30.1. The van der Waals surface area contributed by atoms with E-state index in [4.69, 9.17) is 9.47 Å². The van der Waals surface area contributed by atoms with Gasteiger partial charge in [0, 0.05) is 0 Å². The fourth-order valence-electron chi connectivity index (χ4n) is 2.81. The Morgan fingerprint density at radius 1 is 0.767 bits per heavy atom. The zero-order valence-corrected chi connectivity index (χ0v) is 16.6. The van der Waals surface area contributed by atoms with Gasteiger partial charge in [-0.15, -0.1) is 0 Å². The van der Waals surface area contributed by atoms with Crippen molar-refractivity contribution in [3.8, 4) is 23.0 Å². The largest absolute Gasteiger partial charge is 0.504 e. The molecule has 30 heavy (non-hydrogen) atoms. The van der Waals surface area contributed by atoms with Crippen molar-refractivity contribution in [2.24, 2.45) is 0 Å². The van der Waals surface area contributed by atoms with Crippen molar-refractivity contribution in [2.45, 2.75) is 13.8 Å². The van der Waals surface area contributed by atoms with Crippen LogP contribution < -0.4 is 31.3 Å². The zero-order chi connectivity index (χ0) is 21.7. The van der Waals surface area contributed by atoms with Gasteiger partial charge in [0.2, 0.25) is 0 Å². The van der Waals surface area contributed by atoms with Gasteiger partial charge in [0.25, 0.3) is 11.1 Å². The number of phenols is 2. The molecule has 0 unspecified atom stereocenters. The minimum Gasteiger partial charge on any atom is -0.504 e. The highest BCUT2D eigenvalue weighted by Gasteiger charge is 2.05. The molecule has 0 aliphatic carbocycles. The summed E-state index contributed by atoms with van der Waals surface area (Å²) in [6.07, 6.45) is 2.97. The van der Waals surface area contributed by atoms with Gasteiger partial charge in [-0.2, -0.15) is 0 Å². The predicted molar refractivity (Wildman–Crippen MR) is 113 cm³/mol. The van der Waals surface area contributed by atoms with Crippen molar-refractivity contribution in [3.63, 3.8) is 0 Å². The van der Waals surface area contributed by atoms with Gasteiger partial charge in [-0.1, -0.05) is 12.1 Å². The third-order valence-electron chi connectivity index (χ3n) is 4.18. The minimum absolute atomic E-state index is 0.0123. The average molecular weight is 410 g/mol. The van der Waals surface area contributed by atoms with Crippen LogP contribution >= 0.6 is 0 Å². The smallest absolute Gasteiger partial charge is 0.272 e. The third-order valence-corrected chi connectivity index (χ3v) is 4.18. The molecular formula is C22H22N2O6. The summed E-state index contributed by atoms with van der Waals surface area (Å²) in [5.41, 5.74) is 0.175. The molecule has 0 aliphatic heterocycles. The second kappa shape index (κ2) is 9.04. The molecule has 1 aromatic heterocycles. The van der Waals surface area contributed by atoms with E-state index in [1.54, 1.807) is 38.1 Å². The molecule has 3 aromatic rings. The molecule has 0 spiro atoms. The number of aromatic nitrogens is 2. The van der Waals surface area contributed by atoms with Gasteiger partial charge >= 0.3 is 0 Å². The summed E-state index contributed by atoms with van der Waals surface area (Å²) in [6, 6.07) is 9.24. The van der Waals surface area contributed by atoms with Gasteiger partial charge < -0.3 is 29.7 Å². The Morgan fingerprint density at radius 3 is 1.53 bits per heavy atom. The lowest BCUT2D eigenvalue weighted by molar-refractivity contribution is 0.318. The highest BCUT2D eigenvalue weighted by atomic mass is 16.5. The number of ether oxygens (including phenoxy) is 2. The monoisotopic (exact) mass is 410 g/mol. The Balaban J connectivity index is 2.05. The highest BCUT2D eigenvalue weighted by Crippen LogP contribution is 2.27. The molecule has 0 atom stereocenters. The van der Waals surface area contributed by atoms with Crippen LogP contribution in [0.15, 0.2) is 46.0 Å². The number of hydrogen-bond donors (Lipinski definition) is 4. The number of aromatic amines is 2. The summed E-state index contributed by atoms with van der Waals surface area (Å²) in [5, 5.41) is 19.7. The van der Waals surface area contributed by atoms with Crippen molar-refractivity contribution in [1.29, 1.82) is 0 Å². The Morgan fingerprint density at radius 2 is 1.17 bits per heavy atom. The fraction of sp³-hybridized carbons (Fsp3) is 0.182. The molecule has 0 bridgehead atoms. The number of H-pyrrole nitrogens is 2. The molecule has 0 radical (unpaired) electrons. The lowest BCUT2D eigenvalue weighted by Gasteiger charge is -2.06. The average Bonchev–Trinajstić information content (AvgIpc) is 2.71. The van der Waals surface area contributed by atoms with Crippen molar-refractivity contribution >= 4 is 12.2 Å². The number of aromatic hydroxyl groups is 2. The number of nitrogens with one attached hydrogen (secondary N) is 2. The van der Waals surface area contributed by atoms with E-state index in [1.165, 1.54) is 24.3 Å². The van der Waals surface area contributed by atoms with Crippen LogP contribution in [0, 0.1) is 0 Å². The molecule has 0 fully saturated rings. The molecular weight excluding hydrogens is 388 g/mol. The topological polar surface area (TPSA) is 125 Å². The Kier molecular flexibility index (Phi) is 6.26. The summed E-state index contributed by atoms with van der Waals surface area (Å²) in [5.74, 6) is 0.545. The van der Waals surface area contributed by atoms with Gasteiger partial charge in [0.15, 0.2) is 23.0 Å². The van der Waals surface area contributed by atoms with Crippen LogP contribution in [0.1, 0.15) is 25.0 Å². The molecule has 156 valence electrons. The van der Waals surface area contributed by atoms with E-state index in [2.05, 4.69) is 9.97 Å². The van der Waals surface area contributed by atoms with Crippen LogP contribution in [-0.2, 0) is 0 Å². The van der Waals surface area contributed by atoms with Gasteiger partial charge in [0.05, 0.1) is 13.2 Å². The molecule has 0 saturated carbocycles. The minimum atomic E-state index is -0.490. The first kappa shape index (κ1) is 20.8. The van der Waals surface area contributed by atoms with Crippen LogP contribution in [0.3, 0.4) is 0 Å². The highest BCUT2D eigenvalue weighted by molar-refractivity contribution is 5.56. The maximum atomic E-state index is 12.5. The Hall–Kier alpha value is -3.94. The van der Waals surface area contributed by atoms with Crippen LogP contribution in [0.2, 0.25) is 0 Å². The Bertz CT molecular complexity index is 1190. The second-order valence-corrected chi connectivity index (χ2v) is 6.34. The van der Waals surface area contributed by atoms with Gasteiger partial charge in [-0.05, 0) is 61.4 Å². The van der Waals surface area contributed by atoms with Crippen molar-refractivity contribution in [2.75, 3.05) is 13.2 Å². The number of hydrogen-bond acceptors (Lipinski definition) is 6. The van der Waals surface area contributed by atoms with Crippen molar-refractivity contribution in [3.05, 3.63) is 78.9 Å². The lowest BCUT2D eigenvalue weighted by atomic mass is 10.2. The quantitative estimate of drug-likeness (QED) is 0.479. The molecule has 3 rings (SSSR count). The van der Waals surface area contributed by atoms with Crippen LogP contribution in [0.5, 0.6) is 23.0 Å². The van der Waals surface area contributed by atoms with Gasteiger partial charge in [-0.3, -0.25) is 9.59 Å². The zero-order valence-electron chi connectivity index (χ0n) is 16.6. The first-order valence-corrected chi connectivity index (χ1v) is 9.39. The molecule has 0 amide bonds. The van der Waals surface area contributed by atoms with E-state index in [1.807, 2.05) is 0 Å². The maximum Gasteiger partial charge on any atom is 0.272 e.